The number of carbonyl (C=O) groups excluding carboxylic acids is 1. The minimum atomic E-state index is -0.228. The molecule has 1 amide bonds. The van der Waals surface area contributed by atoms with Gasteiger partial charge in [-0.1, -0.05) is 25.1 Å². The molecule has 1 N–H and O–H groups in total. The van der Waals surface area contributed by atoms with Crippen molar-refractivity contribution in [1.82, 2.24) is 4.90 Å². The summed E-state index contributed by atoms with van der Waals surface area (Å²) in [5, 5.41) is 3.19. The molecule has 1 aromatic rings. The molecule has 0 heterocycles. The van der Waals surface area contributed by atoms with Crippen molar-refractivity contribution >= 4 is 11.8 Å². The second-order valence-electron chi connectivity index (χ2n) is 3.99. The van der Waals surface area contributed by atoms with Gasteiger partial charge in [-0.15, -0.1) is 0 Å². The summed E-state index contributed by atoms with van der Waals surface area (Å²) in [5.74, 6) is 0. The Balaban J connectivity index is 2.19. The van der Waals surface area contributed by atoms with Crippen LogP contribution in [0.1, 0.15) is 20.3 Å². The van der Waals surface area contributed by atoms with Gasteiger partial charge >= 0.3 is 6.09 Å². The highest BCUT2D eigenvalue weighted by molar-refractivity contribution is 5.67. The van der Waals surface area contributed by atoms with Gasteiger partial charge in [-0.2, -0.15) is 0 Å². The van der Waals surface area contributed by atoms with Gasteiger partial charge in [0.05, 0.1) is 0 Å². The Bertz CT molecular complexity index is 341. The number of hydrogen-bond donors (Lipinski definition) is 1. The van der Waals surface area contributed by atoms with E-state index in [1.807, 2.05) is 44.2 Å². The molecule has 0 aliphatic heterocycles. The number of nitrogens with one attached hydrogen (secondary N) is 1. The molecule has 0 radical (unpaired) electrons. The highest BCUT2D eigenvalue weighted by atomic mass is 16.6. The largest absolute Gasteiger partial charge is 0.448 e. The minimum absolute atomic E-state index is 0.228. The maximum absolute atomic E-state index is 11.7. The first-order valence-electron chi connectivity index (χ1n) is 6.48. The molecule has 0 saturated carbocycles. The number of nitrogens with zero attached hydrogens (tertiary/aromatic N) is 1. The molecular weight excluding hydrogens is 228 g/mol. The van der Waals surface area contributed by atoms with Crippen LogP contribution in [-0.2, 0) is 4.74 Å². The van der Waals surface area contributed by atoms with Crippen LogP contribution < -0.4 is 5.32 Å². The summed E-state index contributed by atoms with van der Waals surface area (Å²) in [6.07, 6.45) is 0.722. The highest BCUT2D eigenvalue weighted by Crippen LogP contribution is 2.04. The van der Waals surface area contributed by atoms with Crippen LogP contribution in [0.15, 0.2) is 30.3 Å². The van der Waals surface area contributed by atoms with Gasteiger partial charge in [0.15, 0.2) is 0 Å². The van der Waals surface area contributed by atoms with Gasteiger partial charge < -0.3 is 15.0 Å². The summed E-state index contributed by atoms with van der Waals surface area (Å²) < 4.78 is 5.19. The van der Waals surface area contributed by atoms with Crippen molar-refractivity contribution in [3.8, 4) is 0 Å². The molecule has 0 bridgehead atoms. The van der Waals surface area contributed by atoms with Crippen LogP contribution in [0.4, 0.5) is 10.5 Å². The predicted octanol–water partition coefficient (Wildman–Crippen LogP) is 2.97. The summed E-state index contributed by atoms with van der Waals surface area (Å²) in [6, 6.07) is 9.87. The molecule has 100 valence electrons. The van der Waals surface area contributed by atoms with Crippen molar-refractivity contribution in [1.29, 1.82) is 0 Å². The molecule has 1 aromatic carbocycles. The standard InChI is InChI=1S/C14H22N2O2/c1-3-11-16(4-2)14(17)18-12-10-15-13-8-6-5-7-9-13/h5-9,15H,3-4,10-12H2,1-2H3. The first-order valence-corrected chi connectivity index (χ1v) is 6.48. The lowest BCUT2D eigenvalue weighted by Gasteiger charge is -2.19. The number of para-hydroxylation sites is 1. The molecule has 4 nitrogen and oxygen atoms in total. The van der Waals surface area contributed by atoms with Gasteiger partial charge in [0, 0.05) is 25.3 Å². The zero-order chi connectivity index (χ0) is 13.2. The number of rotatable bonds is 7. The van der Waals surface area contributed by atoms with E-state index in [4.69, 9.17) is 4.74 Å². The average molecular weight is 250 g/mol. The van der Waals surface area contributed by atoms with Crippen molar-refractivity contribution < 1.29 is 9.53 Å². The maximum Gasteiger partial charge on any atom is 0.409 e. The van der Waals surface area contributed by atoms with Crippen LogP contribution >= 0.6 is 0 Å². The maximum atomic E-state index is 11.7. The first-order chi connectivity index (χ1) is 8.77. The summed E-state index contributed by atoms with van der Waals surface area (Å²) >= 11 is 0. The Morgan fingerprint density at radius 2 is 2.00 bits per heavy atom. The fourth-order valence-electron chi connectivity index (χ4n) is 1.63. The third-order valence-electron chi connectivity index (χ3n) is 2.56. The number of hydrogen-bond acceptors (Lipinski definition) is 3. The van der Waals surface area contributed by atoms with E-state index in [9.17, 15) is 4.79 Å². The lowest BCUT2D eigenvalue weighted by Crippen LogP contribution is -2.33. The number of benzene rings is 1. The molecule has 0 spiro atoms. The van der Waals surface area contributed by atoms with E-state index in [1.165, 1.54) is 0 Å². The predicted molar refractivity (Wildman–Crippen MR) is 73.8 cm³/mol. The summed E-state index contributed by atoms with van der Waals surface area (Å²) in [5.41, 5.74) is 1.04. The quantitative estimate of drug-likeness (QED) is 0.756. The smallest absolute Gasteiger partial charge is 0.409 e. The number of anilines is 1. The molecular formula is C14H22N2O2. The normalized spacial score (nSPS) is 9.89. The molecule has 0 aliphatic rings. The zero-order valence-electron chi connectivity index (χ0n) is 11.2. The molecule has 1 rings (SSSR count). The zero-order valence-corrected chi connectivity index (χ0v) is 11.2. The molecule has 0 aliphatic carbocycles. The molecule has 4 heteroatoms. The van der Waals surface area contributed by atoms with Crippen LogP contribution in [0.3, 0.4) is 0 Å². The number of amides is 1. The second kappa shape index (κ2) is 8.39. The Hall–Kier alpha value is -1.71. The molecule has 0 saturated heterocycles. The minimum Gasteiger partial charge on any atom is -0.448 e. The van der Waals surface area contributed by atoms with E-state index in [0.29, 0.717) is 19.7 Å². The third-order valence-corrected chi connectivity index (χ3v) is 2.56. The summed E-state index contributed by atoms with van der Waals surface area (Å²) in [4.78, 5) is 13.4. The Kier molecular flexibility index (Phi) is 6.69. The fraction of sp³-hybridized carbons (Fsp3) is 0.500. The lowest BCUT2D eigenvalue weighted by atomic mass is 10.3. The van der Waals surface area contributed by atoms with Gasteiger partial charge in [0.1, 0.15) is 6.61 Å². The van der Waals surface area contributed by atoms with Gasteiger partial charge in [-0.25, -0.2) is 4.79 Å². The average Bonchev–Trinajstić information content (AvgIpc) is 2.42. The number of ether oxygens (including phenoxy) is 1. The Morgan fingerprint density at radius 3 is 2.61 bits per heavy atom. The first kappa shape index (κ1) is 14.4. The summed E-state index contributed by atoms with van der Waals surface area (Å²) in [7, 11) is 0. The topological polar surface area (TPSA) is 41.6 Å². The van der Waals surface area contributed by atoms with Gasteiger partial charge in [0.25, 0.3) is 0 Å². The van der Waals surface area contributed by atoms with E-state index in [2.05, 4.69) is 5.32 Å². The van der Waals surface area contributed by atoms with Crippen LogP contribution in [0, 0.1) is 0 Å². The van der Waals surface area contributed by atoms with Gasteiger partial charge in [-0.3, -0.25) is 0 Å². The van der Waals surface area contributed by atoms with E-state index >= 15 is 0 Å². The van der Waals surface area contributed by atoms with E-state index < -0.39 is 0 Å². The second-order valence-corrected chi connectivity index (χ2v) is 3.99. The van der Waals surface area contributed by atoms with E-state index in [-0.39, 0.29) is 6.09 Å². The van der Waals surface area contributed by atoms with Crippen molar-refractivity contribution in [3.63, 3.8) is 0 Å². The van der Waals surface area contributed by atoms with Crippen molar-refractivity contribution in [2.24, 2.45) is 0 Å². The summed E-state index contributed by atoms with van der Waals surface area (Å²) in [6.45, 7) is 6.46. The monoisotopic (exact) mass is 250 g/mol. The Labute approximate surface area is 109 Å². The Morgan fingerprint density at radius 1 is 1.28 bits per heavy atom. The van der Waals surface area contributed by atoms with Crippen molar-refractivity contribution in [2.45, 2.75) is 20.3 Å². The SMILES string of the molecule is CCCN(CC)C(=O)OCCNc1ccccc1. The fourth-order valence-corrected chi connectivity index (χ4v) is 1.63. The molecule has 0 aromatic heterocycles. The highest BCUT2D eigenvalue weighted by Gasteiger charge is 2.10. The van der Waals surface area contributed by atoms with Crippen molar-refractivity contribution in [2.75, 3.05) is 31.6 Å². The van der Waals surface area contributed by atoms with Gasteiger partial charge in [0.2, 0.25) is 0 Å². The van der Waals surface area contributed by atoms with E-state index in [1.54, 1.807) is 4.90 Å². The van der Waals surface area contributed by atoms with Crippen LogP contribution in [0.5, 0.6) is 0 Å². The molecule has 0 fully saturated rings. The third kappa shape index (κ3) is 5.08. The molecule has 0 atom stereocenters. The van der Waals surface area contributed by atoms with Crippen LogP contribution in [-0.4, -0.2) is 37.2 Å². The van der Waals surface area contributed by atoms with E-state index in [0.717, 1.165) is 18.7 Å². The van der Waals surface area contributed by atoms with Gasteiger partial charge in [-0.05, 0) is 25.5 Å². The lowest BCUT2D eigenvalue weighted by molar-refractivity contribution is 0.108. The molecule has 0 unspecified atom stereocenters. The van der Waals surface area contributed by atoms with Crippen molar-refractivity contribution in [3.05, 3.63) is 30.3 Å². The van der Waals surface area contributed by atoms with Crippen LogP contribution in [0.2, 0.25) is 0 Å². The number of carbonyl (C=O) groups is 1. The van der Waals surface area contributed by atoms with Crippen LogP contribution in [0.25, 0.3) is 0 Å². The molecule has 18 heavy (non-hydrogen) atoms.